The van der Waals surface area contributed by atoms with E-state index in [2.05, 4.69) is 44.4 Å². The van der Waals surface area contributed by atoms with Crippen molar-refractivity contribution in [3.05, 3.63) is 53.3 Å². The molecule has 2 aromatic rings. The Balaban J connectivity index is 2.06. The maximum Gasteiger partial charge on any atom is 0.169 e. The molecule has 21 heavy (non-hydrogen) atoms. The van der Waals surface area contributed by atoms with Crippen molar-refractivity contribution in [3.63, 3.8) is 0 Å². The van der Waals surface area contributed by atoms with Crippen molar-refractivity contribution >= 4 is 22.2 Å². The molecule has 1 aliphatic carbocycles. The van der Waals surface area contributed by atoms with Gasteiger partial charge in [0, 0.05) is 18.4 Å². The lowest BCUT2D eigenvalue weighted by Crippen LogP contribution is -2.43. The number of hydrogen-bond donors (Lipinski definition) is 1. The van der Waals surface area contributed by atoms with E-state index in [-0.39, 0.29) is 17.6 Å². The molecule has 1 aliphatic heterocycles. The van der Waals surface area contributed by atoms with E-state index in [0.29, 0.717) is 22.9 Å². The number of rotatable bonds is 1. The Morgan fingerprint density at radius 2 is 1.81 bits per heavy atom. The highest BCUT2D eigenvalue weighted by molar-refractivity contribution is 6.05. The molecule has 0 aromatic heterocycles. The number of aliphatic hydroxyl groups is 1. The van der Waals surface area contributed by atoms with Crippen LogP contribution >= 0.6 is 0 Å². The molecular weight excluding hydrogens is 262 g/mol. The van der Waals surface area contributed by atoms with Crippen molar-refractivity contribution < 1.29 is 9.90 Å². The molecule has 0 radical (unpaired) electrons. The number of hydrogen-bond acceptors (Lipinski definition) is 2. The summed E-state index contributed by atoms with van der Waals surface area (Å²) in [6.07, 6.45) is 0.918. The van der Waals surface area contributed by atoms with Crippen molar-refractivity contribution in [2.75, 3.05) is 14.1 Å². The fourth-order valence-electron chi connectivity index (χ4n) is 4.00. The van der Waals surface area contributed by atoms with E-state index in [9.17, 15) is 9.90 Å². The molecule has 0 saturated heterocycles. The van der Waals surface area contributed by atoms with Crippen molar-refractivity contribution in [3.8, 4) is 0 Å². The summed E-state index contributed by atoms with van der Waals surface area (Å²) in [7, 11) is 4.23. The van der Waals surface area contributed by atoms with Crippen LogP contribution in [0.1, 0.15) is 24.4 Å². The lowest BCUT2D eigenvalue weighted by Gasteiger charge is -2.33. The molecule has 2 aliphatic rings. The second-order valence-electron chi connectivity index (χ2n) is 6.45. The van der Waals surface area contributed by atoms with E-state index >= 15 is 0 Å². The summed E-state index contributed by atoms with van der Waals surface area (Å²) < 4.78 is 0.585. The van der Waals surface area contributed by atoms with Crippen molar-refractivity contribution in [1.82, 2.24) is 4.48 Å². The molecule has 1 heterocycles. The number of carbonyl (C=O) groups is 1. The number of Topliss-reactive ketones (excluding diaryl/α,β-unsaturated/α-hetero) is 1. The number of quaternary nitrogens is 1. The van der Waals surface area contributed by atoms with Gasteiger partial charge in [0.15, 0.2) is 11.8 Å². The van der Waals surface area contributed by atoms with Gasteiger partial charge in [0.05, 0.1) is 25.1 Å². The maximum atomic E-state index is 12.3. The van der Waals surface area contributed by atoms with Crippen molar-refractivity contribution in [2.45, 2.75) is 18.9 Å². The number of carbonyl (C=O) groups excluding carboxylic acids is 1. The minimum absolute atomic E-state index is 0.0912. The molecule has 3 nitrogen and oxygen atoms in total. The molecule has 4 rings (SSSR count). The molecule has 0 fully saturated rings. The number of aliphatic hydroxyl groups excluding tert-OH is 1. The molecule has 1 atom stereocenters. The highest BCUT2D eigenvalue weighted by Gasteiger charge is 2.48. The van der Waals surface area contributed by atoms with Gasteiger partial charge in [-0.15, -0.1) is 0 Å². The highest BCUT2D eigenvalue weighted by atomic mass is 16.3. The molecule has 2 aromatic carbocycles. The topological polar surface area (TPSA) is 37.3 Å². The minimum atomic E-state index is -0.0962. The number of ketones is 1. The summed E-state index contributed by atoms with van der Waals surface area (Å²) in [6, 6.07) is 12.4. The third-order valence-electron chi connectivity index (χ3n) is 4.95. The summed E-state index contributed by atoms with van der Waals surface area (Å²) >= 11 is 0. The van der Waals surface area contributed by atoms with Crippen LogP contribution in [-0.4, -0.2) is 25.0 Å². The zero-order chi connectivity index (χ0) is 14.8. The summed E-state index contributed by atoms with van der Waals surface area (Å²) in [5.41, 5.74) is 2.99. The number of likely N-dealkylation sites (N-methyl/N-ethyl adjacent to an activating group) is 1. The average Bonchev–Trinajstić information content (AvgIpc) is 2.89. The SMILES string of the molecule is C[N+]1(C)c2cccc3cccc(c23)[C@H]1C1=C(O)CCC1=O. The standard InChI is InChI=1S/C18H17NO2/c1-19(2)13-8-4-6-11-5-3-7-12(16(11)13)18(19)17-14(20)9-10-15(17)21/h3-8,18H,9-10H2,1-2H3/p+1/t18-/m0/s1. The Hall–Kier alpha value is -2.13. The fraction of sp³-hybridized carbons (Fsp3) is 0.278. The number of allylic oxidation sites excluding steroid dienone is 1. The first-order chi connectivity index (χ1) is 10.0. The first-order valence-electron chi connectivity index (χ1n) is 7.33. The van der Waals surface area contributed by atoms with E-state index in [1.165, 1.54) is 16.5 Å². The fourth-order valence-corrected chi connectivity index (χ4v) is 4.00. The van der Waals surface area contributed by atoms with Crippen LogP contribution in [0.5, 0.6) is 0 Å². The summed E-state index contributed by atoms with van der Waals surface area (Å²) in [5, 5.41) is 12.7. The van der Waals surface area contributed by atoms with Gasteiger partial charge in [0.1, 0.15) is 11.4 Å². The number of nitrogens with zero attached hydrogens (tertiary/aromatic N) is 1. The normalized spacial score (nSPS) is 23.3. The van der Waals surface area contributed by atoms with Gasteiger partial charge in [-0.2, -0.15) is 0 Å². The van der Waals surface area contributed by atoms with Gasteiger partial charge in [-0.1, -0.05) is 30.3 Å². The van der Waals surface area contributed by atoms with Crippen LogP contribution in [0.4, 0.5) is 5.69 Å². The van der Waals surface area contributed by atoms with E-state index < -0.39 is 0 Å². The first-order valence-corrected chi connectivity index (χ1v) is 7.33. The van der Waals surface area contributed by atoms with Gasteiger partial charge in [0.2, 0.25) is 0 Å². The summed E-state index contributed by atoms with van der Waals surface area (Å²) in [6.45, 7) is 0. The van der Waals surface area contributed by atoms with Crippen LogP contribution in [0.3, 0.4) is 0 Å². The highest BCUT2D eigenvalue weighted by Crippen LogP contribution is 2.51. The molecular formula is C18H18NO2+. The zero-order valence-corrected chi connectivity index (χ0v) is 12.3. The first kappa shape index (κ1) is 12.6. The molecule has 0 saturated carbocycles. The lowest BCUT2D eigenvalue weighted by molar-refractivity contribution is -0.115. The van der Waals surface area contributed by atoms with Crippen LogP contribution in [0, 0.1) is 0 Å². The summed E-state index contributed by atoms with van der Waals surface area (Å²) in [5.74, 6) is 0.370. The Morgan fingerprint density at radius 3 is 2.48 bits per heavy atom. The smallest absolute Gasteiger partial charge is 0.169 e. The molecule has 0 spiro atoms. The van der Waals surface area contributed by atoms with E-state index in [4.69, 9.17) is 0 Å². The summed E-state index contributed by atoms with van der Waals surface area (Å²) in [4.78, 5) is 12.3. The lowest BCUT2D eigenvalue weighted by atomic mass is 9.95. The Labute approximate surface area is 123 Å². The van der Waals surface area contributed by atoms with E-state index in [1.54, 1.807) is 0 Å². The van der Waals surface area contributed by atoms with Crippen LogP contribution in [0.15, 0.2) is 47.7 Å². The molecule has 3 heteroatoms. The van der Waals surface area contributed by atoms with Gasteiger partial charge in [-0.05, 0) is 11.5 Å². The van der Waals surface area contributed by atoms with E-state index in [0.717, 1.165) is 5.56 Å². The molecule has 0 amide bonds. The predicted octanol–water partition coefficient (Wildman–Crippen LogP) is 3.64. The second-order valence-corrected chi connectivity index (χ2v) is 6.45. The third-order valence-corrected chi connectivity index (χ3v) is 4.95. The van der Waals surface area contributed by atoms with E-state index in [1.807, 2.05) is 6.07 Å². The van der Waals surface area contributed by atoms with Gasteiger partial charge in [0.25, 0.3) is 0 Å². The third kappa shape index (κ3) is 1.49. The van der Waals surface area contributed by atoms with Gasteiger partial charge in [-0.3, -0.25) is 9.28 Å². The van der Waals surface area contributed by atoms with Crippen LogP contribution < -0.4 is 4.48 Å². The molecule has 106 valence electrons. The van der Waals surface area contributed by atoms with Crippen LogP contribution in [0.25, 0.3) is 10.8 Å². The Morgan fingerprint density at radius 1 is 1.10 bits per heavy atom. The quantitative estimate of drug-likeness (QED) is 0.810. The number of benzene rings is 2. The van der Waals surface area contributed by atoms with Gasteiger partial charge < -0.3 is 5.11 Å². The average molecular weight is 280 g/mol. The zero-order valence-electron chi connectivity index (χ0n) is 12.3. The van der Waals surface area contributed by atoms with Crippen LogP contribution in [0.2, 0.25) is 0 Å². The monoisotopic (exact) mass is 280 g/mol. The van der Waals surface area contributed by atoms with Crippen molar-refractivity contribution in [1.29, 1.82) is 0 Å². The van der Waals surface area contributed by atoms with Crippen molar-refractivity contribution in [2.24, 2.45) is 0 Å². The van der Waals surface area contributed by atoms with Gasteiger partial charge >= 0.3 is 0 Å². The van der Waals surface area contributed by atoms with Crippen LogP contribution in [-0.2, 0) is 4.79 Å². The largest absolute Gasteiger partial charge is 0.512 e. The Bertz CT molecular complexity index is 812. The minimum Gasteiger partial charge on any atom is -0.512 e. The second kappa shape index (κ2) is 3.95. The molecule has 0 bridgehead atoms. The predicted molar refractivity (Wildman–Crippen MR) is 84.2 cm³/mol. The maximum absolute atomic E-state index is 12.3. The molecule has 1 N–H and O–H groups in total. The molecule has 0 unspecified atom stereocenters. The Kier molecular flexibility index (Phi) is 2.37. The van der Waals surface area contributed by atoms with Gasteiger partial charge in [-0.25, -0.2) is 0 Å².